The molecule has 0 saturated heterocycles. The Bertz CT molecular complexity index is 3920. The van der Waals surface area contributed by atoms with Gasteiger partial charge < -0.3 is 14.7 Å². The first-order valence-electron chi connectivity index (χ1n) is 29.2. The smallest absolute Gasteiger partial charge is 0.252 e. The highest BCUT2D eigenvalue weighted by Crippen LogP contribution is 2.54. The number of anilines is 9. The molecule has 0 spiro atoms. The Kier molecular flexibility index (Phi) is 12.3. The van der Waals surface area contributed by atoms with Gasteiger partial charge in [0, 0.05) is 50.8 Å². The highest BCUT2D eigenvalue weighted by Gasteiger charge is 2.45. The van der Waals surface area contributed by atoms with Gasteiger partial charge in [-0.05, 0) is 192 Å². The number of hydrogen-bond donors (Lipinski definition) is 0. The molecular formula is C76H80BN3. The average Bonchev–Trinajstić information content (AvgIpc) is 3.78. The molecule has 9 aromatic rings. The fraction of sp³-hybridized carbons (Fsp3) is 0.289. The van der Waals surface area contributed by atoms with Crippen LogP contribution in [0.5, 0.6) is 0 Å². The average molecular weight is 1050 g/mol. The van der Waals surface area contributed by atoms with Crippen LogP contribution in [-0.4, -0.2) is 6.71 Å². The van der Waals surface area contributed by atoms with Crippen molar-refractivity contribution in [2.45, 2.75) is 145 Å². The van der Waals surface area contributed by atoms with Crippen LogP contribution in [0.25, 0.3) is 22.3 Å². The van der Waals surface area contributed by atoms with Crippen molar-refractivity contribution in [1.82, 2.24) is 0 Å². The second kappa shape index (κ2) is 18.5. The molecule has 0 aromatic heterocycles. The van der Waals surface area contributed by atoms with Crippen LogP contribution in [0.2, 0.25) is 0 Å². The lowest BCUT2D eigenvalue weighted by molar-refractivity contribution is 0.589. The summed E-state index contributed by atoms with van der Waals surface area (Å²) in [5.74, 6) is 0. The van der Waals surface area contributed by atoms with E-state index in [-0.39, 0.29) is 33.8 Å². The molecule has 2 aliphatic heterocycles. The molecule has 0 radical (unpaired) electrons. The second-order valence-electron chi connectivity index (χ2n) is 28.2. The van der Waals surface area contributed by atoms with Crippen molar-refractivity contribution in [3.63, 3.8) is 0 Å². The summed E-state index contributed by atoms with van der Waals surface area (Å²) in [6.45, 7) is 39.6. The standard InChI is InChI=1S/C76H80BN3/c1-47-39-68-70-69(40-47)80(65-38-30-52(73(7,8)9)43-60(65)50-23-19-18-20-24-50)66-44-53(74(10,11)12)29-36-63(66)77(70)64-37-34-57(46-67(64)79(68)56-33-35-59-58-25-21-22-26-61(58)76(16,17)62(59)45-56)78(55-31-27-51(28-32-55)72(4,5)6)71-48(2)41-54(42-49(71)3)75(13,14)15/h18-46H,1-17H3. The van der Waals surface area contributed by atoms with Gasteiger partial charge in [0.25, 0.3) is 6.71 Å². The summed E-state index contributed by atoms with van der Waals surface area (Å²) in [5.41, 5.74) is 31.2. The molecule has 0 fully saturated rings. The third kappa shape index (κ3) is 8.71. The summed E-state index contributed by atoms with van der Waals surface area (Å²) >= 11 is 0. The molecule has 80 heavy (non-hydrogen) atoms. The molecule has 0 amide bonds. The SMILES string of the molecule is Cc1cc2c3c(c1)N(c1ccc(C(C)(C)C)cc1-c1ccccc1)c1cc(C(C)(C)C)ccc1B3c1ccc(N(c3ccc(C(C)(C)C)cc3)c3c(C)cc(C(C)(C)C)cc3C)cc1N2c1ccc2c(c1)C(C)(C)c1ccccc1-2. The van der Waals surface area contributed by atoms with Crippen LogP contribution in [0.1, 0.15) is 147 Å². The lowest BCUT2D eigenvalue weighted by Crippen LogP contribution is -2.61. The van der Waals surface area contributed by atoms with Crippen molar-refractivity contribution in [1.29, 1.82) is 0 Å². The molecule has 0 N–H and O–H groups in total. The first-order valence-corrected chi connectivity index (χ1v) is 29.2. The molecule has 2 heterocycles. The van der Waals surface area contributed by atoms with E-state index in [4.69, 9.17) is 0 Å². The van der Waals surface area contributed by atoms with Gasteiger partial charge in [0.15, 0.2) is 0 Å². The third-order valence-corrected chi connectivity index (χ3v) is 17.9. The highest BCUT2D eigenvalue weighted by atomic mass is 15.2. The summed E-state index contributed by atoms with van der Waals surface area (Å²) < 4.78 is 0. The zero-order chi connectivity index (χ0) is 56.7. The van der Waals surface area contributed by atoms with Crippen LogP contribution in [-0.2, 0) is 27.1 Å². The monoisotopic (exact) mass is 1050 g/mol. The Labute approximate surface area is 479 Å². The van der Waals surface area contributed by atoms with E-state index in [2.05, 4.69) is 308 Å². The highest BCUT2D eigenvalue weighted by molar-refractivity contribution is 7.00. The van der Waals surface area contributed by atoms with Gasteiger partial charge in [-0.15, -0.1) is 0 Å². The van der Waals surface area contributed by atoms with Crippen LogP contribution in [0.3, 0.4) is 0 Å². The van der Waals surface area contributed by atoms with E-state index in [0.717, 1.165) is 17.1 Å². The molecule has 0 unspecified atom stereocenters. The second-order valence-corrected chi connectivity index (χ2v) is 28.2. The molecule has 1 aliphatic carbocycles. The number of nitrogens with zero attached hydrogens (tertiary/aromatic N) is 3. The van der Waals surface area contributed by atoms with Crippen LogP contribution in [0.4, 0.5) is 51.2 Å². The maximum Gasteiger partial charge on any atom is 0.252 e. The molecule has 0 saturated carbocycles. The Morgan fingerprint density at radius 2 is 0.912 bits per heavy atom. The molecule has 0 atom stereocenters. The minimum absolute atomic E-state index is 0.00817. The lowest BCUT2D eigenvalue weighted by atomic mass is 9.33. The quantitative estimate of drug-likeness (QED) is 0.154. The van der Waals surface area contributed by atoms with E-state index in [0.29, 0.717) is 0 Å². The van der Waals surface area contributed by atoms with E-state index < -0.39 is 0 Å². The molecule has 402 valence electrons. The number of benzene rings is 9. The molecule has 3 nitrogen and oxygen atoms in total. The van der Waals surface area contributed by atoms with Crippen molar-refractivity contribution in [2.24, 2.45) is 0 Å². The first-order chi connectivity index (χ1) is 37.7. The van der Waals surface area contributed by atoms with Crippen molar-refractivity contribution in [2.75, 3.05) is 14.7 Å². The van der Waals surface area contributed by atoms with Gasteiger partial charge in [0.05, 0.1) is 11.4 Å². The van der Waals surface area contributed by atoms with Gasteiger partial charge in [-0.3, -0.25) is 0 Å². The van der Waals surface area contributed by atoms with Crippen molar-refractivity contribution < 1.29 is 0 Å². The van der Waals surface area contributed by atoms with Gasteiger partial charge in [0.2, 0.25) is 0 Å². The minimum Gasteiger partial charge on any atom is -0.311 e. The van der Waals surface area contributed by atoms with Crippen molar-refractivity contribution in [3.8, 4) is 22.3 Å². The zero-order valence-electron chi connectivity index (χ0n) is 50.7. The molecule has 3 aliphatic rings. The number of fused-ring (bicyclic) bond motifs is 7. The molecular weight excluding hydrogens is 966 g/mol. The fourth-order valence-electron chi connectivity index (χ4n) is 13.4. The third-order valence-electron chi connectivity index (χ3n) is 17.9. The van der Waals surface area contributed by atoms with Crippen molar-refractivity contribution in [3.05, 3.63) is 226 Å². The van der Waals surface area contributed by atoms with Crippen molar-refractivity contribution >= 4 is 74.3 Å². The maximum atomic E-state index is 2.64. The molecule has 4 heteroatoms. The fourth-order valence-corrected chi connectivity index (χ4v) is 13.4. The van der Waals surface area contributed by atoms with E-state index in [1.54, 1.807) is 0 Å². The Morgan fingerprint density at radius 3 is 1.55 bits per heavy atom. The summed E-state index contributed by atoms with van der Waals surface area (Å²) in [7, 11) is 0. The maximum absolute atomic E-state index is 2.64. The Morgan fingerprint density at radius 1 is 0.388 bits per heavy atom. The van der Waals surface area contributed by atoms with Gasteiger partial charge in [-0.1, -0.05) is 206 Å². The Balaban J connectivity index is 1.17. The normalized spacial score (nSPS) is 14.3. The van der Waals surface area contributed by atoms with Gasteiger partial charge in [-0.25, -0.2) is 0 Å². The van der Waals surface area contributed by atoms with Crippen LogP contribution < -0.4 is 31.1 Å². The summed E-state index contributed by atoms with van der Waals surface area (Å²) in [6.07, 6.45) is 0. The minimum atomic E-state index is -0.186. The van der Waals surface area contributed by atoms with E-state index in [1.807, 2.05) is 0 Å². The van der Waals surface area contributed by atoms with Gasteiger partial charge >= 0.3 is 0 Å². The van der Waals surface area contributed by atoms with Crippen LogP contribution in [0.15, 0.2) is 176 Å². The predicted octanol–water partition coefficient (Wildman–Crippen LogP) is 19.3. The zero-order valence-corrected chi connectivity index (χ0v) is 50.7. The topological polar surface area (TPSA) is 9.72 Å². The van der Waals surface area contributed by atoms with Gasteiger partial charge in [-0.2, -0.15) is 0 Å². The lowest BCUT2D eigenvalue weighted by Gasteiger charge is -2.45. The van der Waals surface area contributed by atoms with E-state index in [9.17, 15) is 0 Å². The summed E-state index contributed by atoms with van der Waals surface area (Å²) in [6, 6.07) is 68.6. The largest absolute Gasteiger partial charge is 0.311 e. The van der Waals surface area contributed by atoms with Crippen LogP contribution >= 0.6 is 0 Å². The number of hydrogen-bond acceptors (Lipinski definition) is 3. The van der Waals surface area contributed by atoms with Crippen LogP contribution in [0, 0.1) is 20.8 Å². The summed E-state index contributed by atoms with van der Waals surface area (Å²) in [5, 5.41) is 0. The van der Waals surface area contributed by atoms with E-state index in [1.165, 1.54) is 123 Å². The van der Waals surface area contributed by atoms with E-state index >= 15 is 0 Å². The first kappa shape index (κ1) is 53.1. The number of rotatable bonds is 6. The Hall–Kier alpha value is -7.56. The number of aryl methyl sites for hydroxylation is 3. The molecule has 0 bridgehead atoms. The summed E-state index contributed by atoms with van der Waals surface area (Å²) in [4.78, 5) is 7.81. The predicted molar refractivity (Wildman–Crippen MR) is 347 cm³/mol. The van der Waals surface area contributed by atoms with Gasteiger partial charge in [0.1, 0.15) is 0 Å². The molecule has 12 rings (SSSR count). The molecule has 9 aromatic carbocycles.